The number of thiophene rings is 1. The number of halogens is 1. The van der Waals surface area contributed by atoms with E-state index in [-0.39, 0.29) is 10.7 Å². The summed E-state index contributed by atoms with van der Waals surface area (Å²) in [6, 6.07) is 23.4. The molecule has 1 N–H and O–H groups in total. The van der Waals surface area contributed by atoms with Gasteiger partial charge in [0.1, 0.15) is 18.2 Å². The van der Waals surface area contributed by atoms with Crippen LogP contribution in [0.15, 0.2) is 102 Å². The van der Waals surface area contributed by atoms with E-state index in [0.29, 0.717) is 33.0 Å². The summed E-state index contributed by atoms with van der Waals surface area (Å²) >= 11 is 2.34. The van der Waals surface area contributed by atoms with Crippen molar-refractivity contribution in [3.63, 3.8) is 0 Å². The number of nitrogens with zero attached hydrogens (tertiary/aromatic N) is 2. The van der Waals surface area contributed by atoms with E-state index in [0.717, 1.165) is 16.9 Å². The second-order valence-corrected chi connectivity index (χ2v) is 10.6. The Balaban J connectivity index is 1.39. The first-order valence-electron chi connectivity index (χ1n) is 11.7. The van der Waals surface area contributed by atoms with Crippen LogP contribution in [0, 0.1) is 5.82 Å². The molecule has 0 aliphatic carbocycles. The van der Waals surface area contributed by atoms with Gasteiger partial charge in [0, 0.05) is 0 Å². The predicted octanol–water partition coefficient (Wildman–Crippen LogP) is 6.86. The van der Waals surface area contributed by atoms with E-state index >= 15 is 0 Å². The lowest BCUT2D eigenvalue weighted by Crippen LogP contribution is -2.30. The number of aliphatic hydroxyl groups excluding tert-OH is 1. The number of carbonyl (C=O) groups is 2. The SMILES string of the molecule is O=C(C1=C(O)C(=O)N(c2nc3ccc(F)cc3s2)C1c1ccc(OCc2ccccc2)cc1)c1cccs1. The molecular weight excluding hydrogens is 523 g/mol. The van der Waals surface area contributed by atoms with Gasteiger partial charge in [-0.3, -0.25) is 14.5 Å². The molecule has 0 saturated carbocycles. The summed E-state index contributed by atoms with van der Waals surface area (Å²) < 4.78 is 20.3. The maximum atomic E-state index is 13.8. The molecule has 3 heterocycles. The fraction of sp³-hybridized carbons (Fsp3) is 0.0690. The van der Waals surface area contributed by atoms with E-state index in [1.165, 1.54) is 34.4 Å². The highest BCUT2D eigenvalue weighted by Gasteiger charge is 2.46. The van der Waals surface area contributed by atoms with E-state index in [1.807, 2.05) is 30.3 Å². The summed E-state index contributed by atoms with van der Waals surface area (Å²) in [5.74, 6) is -1.60. The van der Waals surface area contributed by atoms with Crippen molar-refractivity contribution in [2.75, 3.05) is 4.90 Å². The molecule has 5 aromatic rings. The molecule has 1 amide bonds. The van der Waals surface area contributed by atoms with Crippen molar-refractivity contribution in [2.45, 2.75) is 12.6 Å². The smallest absolute Gasteiger partial charge is 0.296 e. The molecule has 1 atom stereocenters. The fourth-order valence-corrected chi connectivity index (χ4v) is 6.06. The number of ether oxygens (including phenoxy) is 1. The Bertz CT molecular complexity index is 1680. The Kier molecular flexibility index (Phi) is 6.22. The Morgan fingerprint density at radius 2 is 1.82 bits per heavy atom. The first-order valence-corrected chi connectivity index (χ1v) is 13.4. The van der Waals surface area contributed by atoms with E-state index in [2.05, 4.69) is 4.98 Å². The Morgan fingerprint density at radius 3 is 2.55 bits per heavy atom. The van der Waals surface area contributed by atoms with Crippen LogP contribution in [0.3, 0.4) is 0 Å². The van der Waals surface area contributed by atoms with Crippen molar-refractivity contribution in [3.8, 4) is 5.75 Å². The van der Waals surface area contributed by atoms with Gasteiger partial charge in [-0.15, -0.1) is 11.3 Å². The number of hydrogen-bond donors (Lipinski definition) is 1. The van der Waals surface area contributed by atoms with Crippen LogP contribution in [-0.2, 0) is 11.4 Å². The van der Waals surface area contributed by atoms with Crippen LogP contribution in [0.25, 0.3) is 10.2 Å². The molecule has 188 valence electrons. The van der Waals surface area contributed by atoms with Gasteiger partial charge in [0.15, 0.2) is 10.9 Å². The normalized spacial score (nSPS) is 15.4. The molecule has 0 fully saturated rings. The molecule has 6 rings (SSSR count). The number of aromatic nitrogens is 1. The molecular formula is C29H19FN2O4S2. The van der Waals surface area contributed by atoms with Crippen molar-refractivity contribution in [1.29, 1.82) is 0 Å². The monoisotopic (exact) mass is 542 g/mol. The third-order valence-corrected chi connectivity index (χ3v) is 8.07. The number of ketones is 1. The lowest BCUT2D eigenvalue weighted by Gasteiger charge is -2.24. The standard InChI is InChI=1S/C29H19FN2O4S2/c30-19-10-13-21-23(15-19)38-29(31-21)32-25(24(27(34)28(32)35)26(33)22-7-4-14-37-22)18-8-11-20(12-9-18)36-16-17-5-2-1-3-6-17/h1-15,25,34H,16H2. The van der Waals surface area contributed by atoms with Crippen molar-refractivity contribution in [3.05, 3.63) is 123 Å². The van der Waals surface area contributed by atoms with Crippen LogP contribution in [-0.4, -0.2) is 21.8 Å². The Hall–Kier alpha value is -4.34. The number of carbonyl (C=O) groups excluding carboxylic acids is 2. The zero-order valence-corrected chi connectivity index (χ0v) is 21.3. The van der Waals surface area contributed by atoms with Crippen LogP contribution < -0.4 is 9.64 Å². The highest BCUT2D eigenvalue weighted by Crippen LogP contribution is 2.44. The van der Waals surface area contributed by atoms with E-state index in [4.69, 9.17) is 4.74 Å². The van der Waals surface area contributed by atoms with Gasteiger partial charge >= 0.3 is 0 Å². The second-order valence-electron chi connectivity index (χ2n) is 8.60. The number of anilines is 1. The number of benzene rings is 3. The van der Waals surface area contributed by atoms with Gasteiger partial charge in [-0.25, -0.2) is 9.37 Å². The zero-order valence-electron chi connectivity index (χ0n) is 19.7. The molecule has 0 spiro atoms. The van der Waals surface area contributed by atoms with Gasteiger partial charge < -0.3 is 9.84 Å². The molecule has 6 nitrogen and oxygen atoms in total. The molecule has 0 saturated heterocycles. The maximum absolute atomic E-state index is 13.8. The van der Waals surface area contributed by atoms with Crippen molar-refractivity contribution < 1.29 is 23.8 Å². The molecule has 2 aromatic heterocycles. The average Bonchev–Trinajstić information content (AvgIpc) is 3.67. The van der Waals surface area contributed by atoms with Crippen molar-refractivity contribution in [1.82, 2.24) is 4.98 Å². The van der Waals surface area contributed by atoms with Gasteiger partial charge in [-0.1, -0.05) is 59.9 Å². The first-order chi connectivity index (χ1) is 18.5. The highest BCUT2D eigenvalue weighted by atomic mass is 32.1. The number of hydrogen-bond acceptors (Lipinski definition) is 7. The molecule has 9 heteroatoms. The molecule has 3 aromatic carbocycles. The zero-order chi connectivity index (χ0) is 26.2. The van der Waals surface area contributed by atoms with Gasteiger partial charge in [-0.2, -0.15) is 0 Å². The minimum absolute atomic E-state index is 0.0270. The second kappa shape index (κ2) is 9.85. The number of amides is 1. The quantitative estimate of drug-likeness (QED) is 0.227. The van der Waals surface area contributed by atoms with Crippen LogP contribution in [0.1, 0.15) is 26.8 Å². The van der Waals surface area contributed by atoms with Gasteiger partial charge in [0.05, 0.1) is 26.7 Å². The van der Waals surface area contributed by atoms with Gasteiger partial charge in [0.2, 0.25) is 5.78 Å². The summed E-state index contributed by atoms with van der Waals surface area (Å²) in [5, 5.41) is 13.0. The van der Waals surface area contributed by atoms with Gasteiger partial charge in [-0.05, 0) is 52.9 Å². The van der Waals surface area contributed by atoms with E-state index in [9.17, 15) is 19.1 Å². The molecule has 1 aliphatic rings. The third-order valence-electron chi connectivity index (χ3n) is 6.19. The summed E-state index contributed by atoms with van der Waals surface area (Å²) in [7, 11) is 0. The summed E-state index contributed by atoms with van der Waals surface area (Å²) in [5.41, 5.74) is 2.11. The summed E-state index contributed by atoms with van der Waals surface area (Å²) in [6.45, 7) is 0.388. The first kappa shape index (κ1) is 24.0. The minimum Gasteiger partial charge on any atom is -0.503 e. The van der Waals surface area contributed by atoms with Crippen molar-refractivity contribution >= 4 is 49.7 Å². The predicted molar refractivity (Wildman–Crippen MR) is 145 cm³/mol. The van der Waals surface area contributed by atoms with Crippen LogP contribution in [0.4, 0.5) is 9.52 Å². The number of rotatable bonds is 7. The van der Waals surface area contributed by atoms with Crippen molar-refractivity contribution in [2.24, 2.45) is 0 Å². The molecule has 1 unspecified atom stereocenters. The number of Topliss-reactive ketones (excluding diaryl/α,β-unsaturated/α-hetero) is 1. The topological polar surface area (TPSA) is 79.7 Å². The molecule has 0 bridgehead atoms. The summed E-state index contributed by atoms with van der Waals surface area (Å²) in [4.78, 5) is 33.1. The van der Waals surface area contributed by atoms with Crippen LogP contribution in [0.2, 0.25) is 0 Å². The lowest BCUT2D eigenvalue weighted by molar-refractivity contribution is -0.117. The van der Waals surface area contributed by atoms with Gasteiger partial charge in [0.25, 0.3) is 5.91 Å². The maximum Gasteiger partial charge on any atom is 0.296 e. The molecule has 0 radical (unpaired) electrons. The largest absolute Gasteiger partial charge is 0.503 e. The van der Waals surface area contributed by atoms with E-state index in [1.54, 1.807) is 41.8 Å². The average molecular weight is 543 g/mol. The Labute approximate surface area is 224 Å². The lowest BCUT2D eigenvalue weighted by atomic mass is 9.95. The van der Waals surface area contributed by atoms with Crippen LogP contribution in [0.5, 0.6) is 5.75 Å². The van der Waals surface area contributed by atoms with Crippen LogP contribution >= 0.6 is 22.7 Å². The minimum atomic E-state index is -0.925. The third kappa shape index (κ3) is 4.36. The summed E-state index contributed by atoms with van der Waals surface area (Å²) in [6.07, 6.45) is 0. The number of aliphatic hydroxyl groups is 1. The van der Waals surface area contributed by atoms with E-state index < -0.39 is 29.3 Å². The number of thiazole rings is 1. The molecule has 1 aliphatic heterocycles. The number of fused-ring (bicyclic) bond motifs is 1. The highest BCUT2D eigenvalue weighted by molar-refractivity contribution is 7.22. The molecule has 38 heavy (non-hydrogen) atoms. The Morgan fingerprint density at radius 1 is 1.03 bits per heavy atom. The fourth-order valence-electron chi connectivity index (χ4n) is 4.37.